The number of nitrogens with one attached hydrogen (secondary N) is 1. The van der Waals surface area contributed by atoms with Crippen molar-refractivity contribution in [2.75, 3.05) is 0 Å². The molecule has 0 unspecified atom stereocenters. The Morgan fingerprint density at radius 3 is 3.11 bits per heavy atom. The van der Waals surface area contributed by atoms with E-state index in [9.17, 15) is 4.79 Å². The van der Waals surface area contributed by atoms with E-state index in [4.69, 9.17) is 4.52 Å². The van der Waals surface area contributed by atoms with E-state index >= 15 is 0 Å². The molecular weight excluding hydrogens is 282 g/mol. The molecule has 0 saturated carbocycles. The number of thiophene rings is 1. The zero-order valence-corrected chi connectivity index (χ0v) is 11.5. The van der Waals surface area contributed by atoms with Crippen molar-refractivity contribution >= 4 is 46.1 Å². The number of hydrogen-bond acceptors (Lipinski definition) is 6. The molecule has 0 atom stereocenters. The zero-order chi connectivity index (χ0) is 13.2. The van der Waals surface area contributed by atoms with Crippen molar-refractivity contribution in [2.24, 2.45) is 4.99 Å². The number of thioether (sulfide) groups is 1. The highest BCUT2D eigenvalue weighted by Gasteiger charge is 2.24. The fraction of sp³-hybridized carbons (Fsp3) is 0.0833. The van der Waals surface area contributed by atoms with E-state index in [2.05, 4.69) is 15.5 Å². The Kier molecular flexibility index (Phi) is 3.22. The van der Waals surface area contributed by atoms with Gasteiger partial charge < -0.3 is 9.84 Å². The molecule has 3 heterocycles. The predicted octanol–water partition coefficient (Wildman–Crippen LogP) is 2.94. The van der Waals surface area contributed by atoms with Crippen LogP contribution >= 0.6 is 23.1 Å². The van der Waals surface area contributed by atoms with Crippen molar-refractivity contribution in [2.45, 2.75) is 6.92 Å². The van der Waals surface area contributed by atoms with Crippen LogP contribution in [0, 0.1) is 6.92 Å². The Morgan fingerprint density at radius 2 is 2.42 bits per heavy atom. The minimum Gasteiger partial charge on any atom is -0.359 e. The zero-order valence-electron chi connectivity index (χ0n) is 9.91. The van der Waals surface area contributed by atoms with Gasteiger partial charge in [0.25, 0.3) is 5.91 Å². The molecule has 0 spiro atoms. The number of hydrogen-bond donors (Lipinski definition) is 1. The molecular formula is C12H9N3O2S2. The maximum absolute atomic E-state index is 11.8. The summed E-state index contributed by atoms with van der Waals surface area (Å²) in [5, 5.41) is 8.95. The second kappa shape index (κ2) is 5.02. The Morgan fingerprint density at radius 1 is 1.53 bits per heavy atom. The van der Waals surface area contributed by atoms with Crippen LogP contribution in [0.4, 0.5) is 5.82 Å². The van der Waals surface area contributed by atoms with Crippen LogP contribution in [0.2, 0.25) is 0 Å². The number of amides is 1. The number of amidine groups is 1. The van der Waals surface area contributed by atoms with Gasteiger partial charge in [0.15, 0.2) is 11.0 Å². The average Bonchev–Trinajstić information content (AvgIpc) is 3.06. The second-order valence-electron chi connectivity index (χ2n) is 3.79. The van der Waals surface area contributed by atoms with Crippen molar-refractivity contribution in [3.8, 4) is 0 Å². The summed E-state index contributed by atoms with van der Waals surface area (Å²) in [6.07, 6.45) is 1.85. The predicted molar refractivity (Wildman–Crippen MR) is 76.4 cm³/mol. The van der Waals surface area contributed by atoms with Gasteiger partial charge in [-0.1, -0.05) is 11.2 Å². The molecule has 1 aliphatic heterocycles. The lowest BCUT2D eigenvalue weighted by Crippen LogP contribution is -2.19. The highest BCUT2D eigenvalue weighted by atomic mass is 32.2. The number of aryl methyl sites for hydroxylation is 1. The first-order chi connectivity index (χ1) is 9.20. The van der Waals surface area contributed by atoms with Crippen molar-refractivity contribution in [1.82, 2.24) is 10.5 Å². The van der Waals surface area contributed by atoms with Gasteiger partial charge >= 0.3 is 0 Å². The van der Waals surface area contributed by atoms with Gasteiger partial charge in [-0.05, 0) is 36.2 Å². The van der Waals surface area contributed by atoms with E-state index in [1.165, 1.54) is 11.8 Å². The SMILES string of the molecule is Cc1cc(N=C2NC(=O)/C(=C/c3cccs3)S2)no1. The molecule has 1 fully saturated rings. The maximum Gasteiger partial charge on any atom is 0.264 e. The van der Waals surface area contributed by atoms with Crippen LogP contribution in [0.25, 0.3) is 6.08 Å². The summed E-state index contributed by atoms with van der Waals surface area (Å²) in [7, 11) is 0. The van der Waals surface area contributed by atoms with Crippen LogP contribution in [0.5, 0.6) is 0 Å². The van der Waals surface area contributed by atoms with Gasteiger partial charge in [-0.2, -0.15) is 0 Å². The van der Waals surface area contributed by atoms with Gasteiger partial charge in [-0.15, -0.1) is 11.3 Å². The molecule has 1 N–H and O–H groups in total. The van der Waals surface area contributed by atoms with Crippen LogP contribution in [-0.4, -0.2) is 16.2 Å². The third kappa shape index (κ3) is 2.77. The van der Waals surface area contributed by atoms with Crippen molar-refractivity contribution < 1.29 is 9.32 Å². The van der Waals surface area contributed by atoms with Gasteiger partial charge in [0, 0.05) is 10.9 Å². The number of carbonyl (C=O) groups is 1. The van der Waals surface area contributed by atoms with Crippen molar-refractivity contribution in [3.05, 3.63) is 39.1 Å². The molecule has 0 aliphatic carbocycles. The lowest BCUT2D eigenvalue weighted by Gasteiger charge is -1.89. The van der Waals surface area contributed by atoms with E-state index in [-0.39, 0.29) is 5.91 Å². The molecule has 96 valence electrons. The third-order valence-corrected chi connectivity index (χ3v) is 4.03. The molecule has 1 amide bonds. The molecule has 1 saturated heterocycles. The van der Waals surface area contributed by atoms with Crippen LogP contribution < -0.4 is 5.32 Å². The summed E-state index contributed by atoms with van der Waals surface area (Å²) in [5.74, 6) is 0.998. The molecule has 0 bridgehead atoms. The molecule has 2 aromatic heterocycles. The van der Waals surface area contributed by atoms with Gasteiger partial charge in [0.2, 0.25) is 0 Å². The van der Waals surface area contributed by atoms with Crippen LogP contribution in [0.1, 0.15) is 10.6 Å². The van der Waals surface area contributed by atoms with Gasteiger partial charge in [0.1, 0.15) is 5.76 Å². The molecule has 0 aromatic carbocycles. The summed E-state index contributed by atoms with van der Waals surface area (Å²) >= 11 is 2.88. The third-order valence-electron chi connectivity index (χ3n) is 2.30. The monoisotopic (exact) mass is 291 g/mol. The van der Waals surface area contributed by atoms with Crippen LogP contribution in [-0.2, 0) is 4.79 Å². The lowest BCUT2D eigenvalue weighted by molar-refractivity contribution is -0.115. The fourth-order valence-electron chi connectivity index (χ4n) is 1.49. The van der Waals surface area contributed by atoms with E-state index < -0.39 is 0 Å². The molecule has 19 heavy (non-hydrogen) atoms. The van der Waals surface area contributed by atoms with E-state index in [0.29, 0.717) is 21.7 Å². The smallest absolute Gasteiger partial charge is 0.264 e. The lowest BCUT2D eigenvalue weighted by atomic mass is 10.4. The van der Waals surface area contributed by atoms with Crippen molar-refractivity contribution in [1.29, 1.82) is 0 Å². The Bertz CT molecular complexity index is 671. The topological polar surface area (TPSA) is 67.5 Å². The maximum atomic E-state index is 11.8. The van der Waals surface area contributed by atoms with Gasteiger partial charge in [-0.3, -0.25) is 4.79 Å². The second-order valence-corrected chi connectivity index (χ2v) is 5.80. The number of carbonyl (C=O) groups excluding carboxylic acids is 1. The first-order valence-electron chi connectivity index (χ1n) is 5.47. The average molecular weight is 291 g/mol. The first kappa shape index (κ1) is 12.2. The molecule has 7 heteroatoms. The van der Waals surface area contributed by atoms with Gasteiger partial charge in [-0.25, -0.2) is 4.99 Å². The summed E-state index contributed by atoms with van der Waals surface area (Å²) in [6.45, 7) is 1.79. The number of aromatic nitrogens is 1. The Labute approximate surface area is 117 Å². The van der Waals surface area contributed by atoms with Crippen LogP contribution in [0.15, 0.2) is 38.0 Å². The molecule has 5 nitrogen and oxygen atoms in total. The highest BCUT2D eigenvalue weighted by Crippen LogP contribution is 2.28. The van der Waals surface area contributed by atoms with Crippen molar-refractivity contribution in [3.63, 3.8) is 0 Å². The standard InChI is InChI=1S/C12H9N3O2S2/c1-7-5-10(15-17-7)13-12-14-11(16)9(19-12)6-8-3-2-4-18-8/h2-6H,1H3,(H,13,14,15,16)/b9-6-. The van der Waals surface area contributed by atoms with E-state index in [1.54, 1.807) is 24.3 Å². The van der Waals surface area contributed by atoms with E-state index in [0.717, 1.165) is 4.88 Å². The van der Waals surface area contributed by atoms with E-state index in [1.807, 2.05) is 23.6 Å². The summed E-state index contributed by atoms with van der Waals surface area (Å²) in [5.41, 5.74) is 0. The van der Waals surface area contributed by atoms with Gasteiger partial charge in [0.05, 0.1) is 4.91 Å². The number of rotatable bonds is 2. The summed E-state index contributed by atoms with van der Waals surface area (Å²) in [6, 6.07) is 5.62. The minimum absolute atomic E-state index is 0.141. The normalized spacial score (nSPS) is 19.3. The largest absolute Gasteiger partial charge is 0.359 e. The Balaban J connectivity index is 1.82. The fourth-order valence-corrected chi connectivity index (χ4v) is 3.05. The quantitative estimate of drug-likeness (QED) is 0.864. The van der Waals surface area contributed by atoms with Crippen LogP contribution in [0.3, 0.4) is 0 Å². The minimum atomic E-state index is -0.141. The highest BCUT2D eigenvalue weighted by molar-refractivity contribution is 8.18. The number of aliphatic imine (C=N–C) groups is 1. The molecule has 2 aromatic rings. The molecule has 1 aliphatic rings. The Hall–Kier alpha value is -1.86. The summed E-state index contributed by atoms with van der Waals surface area (Å²) < 4.78 is 4.92. The number of nitrogens with zero attached hydrogens (tertiary/aromatic N) is 2. The molecule has 0 radical (unpaired) electrons. The first-order valence-corrected chi connectivity index (χ1v) is 7.17. The summed E-state index contributed by atoms with van der Waals surface area (Å²) in [4.78, 5) is 17.7. The molecule has 3 rings (SSSR count).